The molecule has 0 spiro atoms. The minimum absolute atomic E-state index is 0. The Morgan fingerprint density at radius 1 is 1.20 bits per heavy atom. The lowest BCUT2D eigenvalue weighted by Crippen LogP contribution is -1.98. The first-order valence-electron chi connectivity index (χ1n) is 2.75. The highest BCUT2D eigenvalue weighted by atomic mass is 35.5. The van der Waals surface area contributed by atoms with Gasteiger partial charge in [-0.2, -0.15) is 0 Å². The van der Waals surface area contributed by atoms with Gasteiger partial charge in [-0.15, -0.1) is 12.4 Å². The zero-order valence-corrected chi connectivity index (χ0v) is 7.19. The number of anilines is 1. The maximum atomic E-state index is 5.64. The lowest BCUT2D eigenvalue weighted by Gasteiger charge is -2.06. The standard InChI is InChI=1S/C7H8ClN.ClH/c1-9(8)7-5-3-2-4-6-7;/h2-6H,1H3;1H. The Bertz CT molecular complexity index is 174. The first kappa shape index (κ1) is 9.60. The van der Waals surface area contributed by atoms with E-state index in [4.69, 9.17) is 11.8 Å². The van der Waals surface area contributed by atoms with Gasteiger partial charge in [-0.1, -0.05) is 18.2 Å². The van der Waals surface area contributed by atoms with E-state index in [-0.39, 0.29) is 12.4 Å². The largest absolute Gasteiger partial charge is 0.288 e. The molecule has 10 heavy (non-hydrogen) atoms. The Balaban J connectivity index is 0.000000810. The van der Waals surface area contributed by atoms with Crippen LogP contribution in [0.25, 0.3) is 0 Å². The number of hydrogen-bond donors (Lipinski definition) is 0. The third-order valence-electron chi connectivity index (χ3n) is 1.11. The number of rotatable bonds is 1. The Kier molecular flexibility index (Phi) is 4.24. The normalized spacial score (nSPS) is 8.20. The van der Waals surface area contributed by atoms with Gasteiger partial charge >= 0.3 is 0 Å². The molecule has 0 amide bonds. The number of para-hydroxylation sites is 1. The fourth-order valence-corrected chi connectivity index (χ4v) is 0.746. The van der Waals surface area contributed by atoms with Crippen LogP contribution in [0.2, 0.25) is 0 Å². The summed E-state index contributed by atoms with van der Waals surface area (Å²) in [5.74, 6) is 0. The van der Waals surface area contributed by atoms with Crippen molar-refractivity contribution in [3.63, 3.8) is 0 Å². The van der Waals surface area contributed by atoms with Gasteiger partial charge in [-0.3, -0.25) is 4.42 Å². The van der Waals surface area contributed by atoms with Gasteiger partial charge in [-0.25, -0.2) is 0 Å². The molecular weight excluding hydrogens is 169 g/mol. The SMILES string of the molecule is CN(Cl)c1ccccc1.Cl. The molecule has 0 heterocycles. The summed E-state index contributed by atoms with van der Waals surface area (Å²) in [6.45, 7) is 0. The van der Waals surface area contributed by atoms with Crippen LogP contribution in [0.1, 0.15) is 0 Å². The van der Waals surface area contributed by atoms with E-state index in [0.717, 1.165) is 5.69 Å². The van der Waals surface area contributed by atoms with Crippen LogP contribution in [0.15, 0.2) is 30.3 Å². The average Bonchev–Trinajstić information content (AvgIpc) is 1.90. The van der Waals surface area contributed by atoms with Gasteiger partial charge in [0, 0.05) is 18.8 Å². The minimum Gasteiger partial charge on any atom is -0.288 e. The second-order valence-electron chi connectivity index (χ2n) is 1.81. The summed E-state index contributed by atoms with van der Waals surface area (Å²) in [6.07, 6.45) is 0. The molecule has 1 aromatic carbocycles. The quantitative estimate of drug-likeness (QED) is 0.597. The molecule has 0 bridgehead atoms. The highest BCUT2D eigenvalue weighted by Crippen LogP contribution is 2.11. The fourth-order valence-electron chi connectivity index (χ4n) is 0.633. The van der Waals surface area contributed by atoms with Crippen LogP contribution in [0.5, 0.6) is 0 Å². The number of benzene rings is 1. The number of nitrogens with zero attached hydrogens (tertiary/aromatic N) is 1. The maximum absolute atomic E-state index is 5.64. The molecule has 56 valence electrons. The van der Waals surface area contributed by atoms with Gasteiger partial charge in [0.1, 0.15) is 0 Å². The van der Waals surface area contributed by atoms with E-state index in [0.29, 0.717) is 0 Å². The molecule has 1 nitrogen and oxygen atoms in total. The molecule has 0 aliphatic carbocycles. The summed E-state index contributed by atoms with van der Waals surface area (Å²) in [5.41, 5.74) is 1.01. The number of hydrogen-bond acceptors (Lipinski definition) is 1. The number of halogens is 2. The summed E-state index contributed by atoms with van der Waals surface area (Å²) in [4.78, 5) is 0. The van der Waals surface area contributed by atoms with E-state index in [1.807, 2.05) is 30.3 Å². The second kappa shape index (κ2) is 4.42. The van der Waals surface area contributed by atoms with Crippen LogP contribution in [0.4, 0.5) is 5.69 Å². The van der Waals surface area contributed by atoms with E-state index in [9.17, 15) is 0 Å². The predicted molar refractivity (Wildman–Crippen MR) is 47.9 cm³/mol. The monoisotopic (exact) mass is 177 g/mol. The summed E-state index contributed by atoms with van der Waals surface area (Å²) >= 11 is 5.64. The van der Waals surface area contributed by atoms with Gasteiger partial charge in [-0.05, 0) is 12.1 Å². The smallest absolute Gasteiger partial charge is 0.0519 e. The zero-order valence-electron chi connectivity index (χ0n) is 5.62. The van der Waals surface area contributed by atoms with Crippen molar-refractivity contribution < 1.29 is 0 Å². The van der Waals surface area contributed by atoms with Crippen LogP contribution in [0.3, 0.4) is 0 Å². The van der Waals surface area contributed by atoms with Crippen molar-refractivity contribution in [2.24, 2.45) is 0 Å². The van der Waals surface area contributed by atoms with Crippen molar-refractivity contribution in [3.05, 3.63) is 30.3 Å². The van der Waals surface area contributed by atoms with Crippen molar-refractivity contribution in [1.29, 1.82) is 0 Å². The van der Waals surface area contributed by atoms with E-state index in [1.54, 1.807) is 11.5 Å². The average molecular weight is 178 g/mol. The fraction of sp³-hybridized carbons (Fsp3) is 0.143. The van der Waals surface area contributed by atoms with E-state index >= 15 is 0 Å². The van der Waals surface area contributed by atoms with Gasteiger partial charge in [0.15, 0.2) is 0 Å². The van der Waals surface area contributed by atoms with Crippen molar-refractivity contribution in [1.82, 2.24) is 0 Å². The molecule has 0 atom stereocenters. The lowest BCUT2D eigenvalue weighted by molar-refractivity contribution is 1.34. The third kappa shape index (κ3) is 2.46. The summed E-state index contributed by atoms with van der Waals surface area (Å²) < 4.78 is 1.56. The van der Waals surface area contributed by atoms with Crippen molar-refractivity contribution in [2.45, 2.75) is 0 Å². The van der Waals surface area contributed by atoms with Gasteiger partial charge in [0.05, 0.1) is 5.69 Å². The van der Waals surface area contributed by atoms with Crippen LogP contribution < -0.4 is 4.42 Å². The van der Waals surface area contributed by atoms with Crippen LogP contribution in [0, 0.1) is 0 Å². The molecular formula is C7H9Cl2N. The molecule has 0 unspecified atom stereocenters. The second-order valence-corrected chi connectivity index (χ2v) is 2.32. The van der Waals surface area contributed by atoms with E-state index in [2.05, 4.69) is 0 Å². The van der Waals surface area contributed by atoms with Gasteiger partial charge < -0.3 is 0 Å². The molecule has 1 rings (SSSR count). The van der Waals surface area contributed by atoms with Crippen molar-refractivity contribution in [3.8, 4) is 0 Å². The summed E-state index contributed by atoms with van der Waals surface area (Å²) in [5, 5.41) is 0. The zero-order chi connectivity index (χ0) is 6.69. The predicted octanol–water partition coefficient (Wildman–Crippen LogP) is 2.70. The molecule has 0 saturated carbocycles. The van der Waals surface area contributed by atoms with Gasteiger partial charge in [0.2, 0.25) is 0 Å². The third-order valence-corrected chi connectivity index (χ3v) is 1.31. The molecule has 3 heteroatoms. The molecule has 0 aliphatic heterocycles. The molecule has 0 N–H and O–H groups in total. The highest BCUT2D eigenvalue weighted by molar-refractivity contribution is 6.25. The Morgan fingerprint density at radius 3 is 2.00 bits per heavy atom. The first-order chi connectivity index (χ1) is 4.30. The molecule has 0 aliphatic rings. The Morgan fingerprint density at radius 2 is 1.70 bits per heavy atom. The van der Waals surface area contributed by atoms with E-state index < -0.39 is 0 Å². The minimum atomic E-state index is 0. The first-order valence-corrected chi connectivity index (χ1v) is 3.09. The topological polar surface area (TPSA) is 3.24 Å². The molecule has 0 saturated heterocycles. The Hall–Kier alpha value is -0.400. The summed E-state index contributed by atoms with van der Waals surface area (Å²) in [6, 6.07) is 9.77. The Labute approximate surface area is 72.1 Å². The van der Waals surface area contributed by atoms with Crippen LogP contribution in [-0.2, 0) is 0 Å². The maximum Gasteiger partial charge on any atom is 0.0519 e. The van der Waals surface area contributed by atoms with Crippen molar-refractivity contribution >= 4 is 29.9 Å². The highest BCUT2D eigenvalue weighted by Gasteiger charge is 1.90. The van der Waals surface area contributed by atoms with Crippen molar-refractivity contribution in [2.75, 3.05) is 11.5 Å². The molecule has 0 radical (unpaired) electrons. The summed E-state index contributed by atoms with van der Waals surface area (Å²) in [7, 11) is 1.80. The molecule has 1 aromatic rings. The van der Waals surface area contributed by atoms with Crippen LogP contribution in [-0.4, -0.2) is 7.05 Å². The van der Waals surface area contributed by atoms with Gasteiger partial charge in [0.25, 0.3) is 0 Å². The molecule has 0 fully saturated rings. The van der Waals surface area contributed by atoms with E-state index in [1.165, 1.54) is 0 Å². The molecule has 0 aromatic heterocycles. The van der Waals surface area contributed by atoms with Crippen LogP contribution >= 0.6 is 24.2 Å². The lowest BCUT2D eigenvalue weighted by atomic mass is 10.3.